The molecular formula is C38H50Cl2N8O3. The van der Waals surface area contributed by atoms with Crippen LogP contribution in [0.4, 0.5) is 10.5 Å². The van der Waals surface area contributed by atoms with E-state index in [1.165, 1.54) is 0 Å². The first-order valence-corrected chi connectivity index (χ1v) is 18.3. The number of aliphatic hydroxyl groups excluding tert-OH is 1. The van der Waals surface area contributed by atoms with Crippen LogP contribution >= 0.6 is 23.2 Å². The summed E-state index contributed by atoms with van der Waals surface area (Å²) in [6.45, 7) is 8.84. The number of aliphatic imine (C=N–C) groups is 1. The highest BCUT2D eigenvalue weighted by Gasteiger charge is 2.30. The summed E-state index contributed by atoms with van der Waals surface area (Å²) in [5.41, 5.74) is 10.2. The van der Waals surface area contributed by atoms with Gasteiger partial charge < -0.3 is 25.8 Å². The second-order valence-corrected chi connectivity index (χ2v) is 14.5. The van der Waals surface area contributed by atoms with Crippen LogP contribution in [-0.4, -0.2) is 50.3 Å². The minimum atomic E-state index is -0.407. The molecule has 2 amide bonds. The predicted molar refractivity (Wildman–Crippen MR) is 205 cm³/mol. The molecule has 0 radical (unpaired) electrons. The van der Waals surface area contributed by atoms with Crippen molar-refractivity contribution in [2.75, 3.05) is 11.9 Å². The van der Waals surface area contributed by atoms with Gasteiger partial charge in [0.15, 0.2) is 0 Å². The fraction of sp³-hybridized carbons (Fsp3) is 0.421. The lowest BCUT2D eigenvalue weighted by atomic mass is 9.85. The number of carbonyl (C=O) groups is 1. The fourth-order valence-electron chi connectivity index (χ4n) is 6.05. The molecule has 1 aliphatic carbocycles. The third-order valence-electron chi connectivity index (χ3n) is 9.01. The largest absolute Gasteiger partial charge is 0.484 e. The third-order valence-corrected chi connectivity index (χ3v) is 9.01. The number of likely N-dealkylation sites (tertiary alicyclic amines) is 1. The van der Waals surface area contributed by atoms with E-state index in [2.05, 4.69) is 27.4 Å². The summed E-state index contributed by atoms with van der Waals surface area (Å²) >= 11 is 9.53. The van der Waals surface area contributed by atoms with Crippen molar-refractivity contribution in [1.29, 1.82) is 10.8 Å². The number of hydrogen-bond acceptors (Lipinski definition) is 7. The van der Waals surface area contributed by atoms with Crippen molar-refractivity contribution in [3.05, 3.63) is 101 Å². The number of fused-ring (bicyclic) bond motifs is 1. The highest BCUT2D eigenvalue weighted by atomic mass is 35.5. The van der Waals surface area contributed by atoms with Gasteiger partial charge in [0.25, 0.3) is 0 Å². The molecule has 0 spiro atoms. The van der Waals surface area contributed by atoms with Crippen molar-refractivity contribution >= 4 is 46.7 Å². The van der Waals surface area contributed by atoms with Gasteiger partial charge in [-0.3, -0.25) is 20.7 Å². The predicted octanol–water partition coefficient (Wildman–Crippen LogP) is 7.41. The Balaban J connectivity index is 0.00000188. The Labute approximate surface area is 310 Å². The van der Waals surface area contributed by atoms with Gasteiger partial charge in [0.05, 0.1) is 29.9 Å². The lowest BCUT2D eigenvalue weighted by molar-refractivity contribution is 0.170. The van der Waals surface area contributed by atoms with E-state index in [0.29, 0.717) is 41.8 Å². The molecule has 2 aromatic carbocycles. The number of hydrogen-bond donors (Lipinski definition) is 6. The number of nitrogens with two attached hydrogens (primary N) is 1. The lowest BCUT2D eigenvalue weighted by Gasteiger charge is -2.36. The Morgan fingerprint density at radius 2 is 1.75 bits per heavy atom. The SMILES string of the molecule is C[C@H]1CCCCN1C(=N)n1cc(O[C@@H]2CC[C@H](NC(=O)NC(/C=C(\N)C(C)(C)C)=Nc3ccc(CO)cc3)c3ccccc32)ccc1=N.ClCCl. The average molecular weight is 738 g/mol. The van der Waals surface area contributed by atoms with E-state index >= 15 is 0 Å². The maximum absolute atomic E-state index is 13.4. The topological polar surface area (TPSA) is 165 Å². The van der Waals surface area contributed by atoms with Gasteiger partial charge in [-0.1, -0.05) is 57.2 Å². The van der Waals surface area contributed by atoms with E-state index < -0.39 is 6.03 Å². The molecule has 2 aliphatic rings. The van der Waals surface area contributed by atoms with E-state index in [4.69, 9.17) is 44.5 Å². The number of halogens is 2. The van der Waals surface area contributed by atoms with Crippen LogP contribution in [0.25, 0.3) is 0 Å². The van der Waals surface area contributed by atoms with Crippen LogP contribution in [0.1, 0.15) is 88.6 Å². The number of alkyl halides is 2. The molecule has 7 N–H and O–H groups in total. The van der Waals surface area contributed by atoms with Gasteiger partial charge >= 0.3 is 6.03 Å². The summed E-state index contributed by atoms with van der Waals surface area (Å²) in [5.74, 6) is 1.18. The number of urea groups is 1. The van der Waals surface area contributed by atoms with Gasteiger partial charge in [-0.2, -0.15) is 0 Å². The van der Waals surface area contributed by atoms with Crippen LogP contribution in [-0.2, 0) is 6.61 Å². The smallest absolute Gasteiger partial charge is 0.320 e. The molecule has 11 nitrogen and oxygen atoms in total. The number of amidine groups is 1. The van der Waals surface area contributed by atoms with Crippen LogP contribution < -0.4 is 26.6 Å². The Bertz CT molecular complexity index is 1770. The first-order valence-electron chi connectivity index (χ1n) is 17.2. The summed E-state index contributed by atoms with van der Waals surface area (Å²) in [6.07, 6.45) is 7.68. The van der Waals surface area contributed by atoms with Gasteiger partial charge in [-0.15, -0.1) is 23.2 Å². The number of amides is 2. The summed E-state index contributed by atoms with van der Waals surface area (Å²) < 4.78 is 8.10. The Hall–Kier alpha value is -4.32. The molecule has 51 heavy (non-hydrogen) atoms. The van der Waals surface area contributed by atoms with Gasteiger partial charge in [-0.25, -0.2) is 9.79 Å². The van der Waals surface area contributed by atoms with Crippen molar-refractivity contribution < 1.29 is 14.6 Å². The van der Waals surface area contributed by atoms with Crippen LogP contribution in [0.3, 0.4) is 0 Å². The fourth-order valence-corrected chi connectivity index (χ4v) is 6.05. The Kier molecular flexibility index (Phi) is 14.1. The molecule has 1 aromatic heterocycles. The van der Waals surface area contributed by atoms with Gasteiger partial charge in [-0.05, 0) is 80.0 Å². The molecule has 1 aliphatic heterocycles. The summed E-state index contributed by atoms with van der Waals surface area (Å²) in [4.78, 5) is 20.1. The highest BCUT2D eigenvalue weighted by molar-refractivity contribution is 6.40. The van der Waals surface area contributed by atoms with Crippen molar-refractivity contribution in [1.82, 2.24) is 20.1 Å². The number of ether oxygens (including phenoxy) is 1. The van der Waals surface area contributed by atoms with Crippen molar-refractivity contribution in [2.24, 2.45) is 16.1 Å². The minimum absolute atomic E-state index is 0.0661. The molecule has 0 bridgehead atoms. The lowest BCUT2D eigenvalue weighted by Crippen LogP contribution is -2.47. The van der Waals surface area contributed by atoms with Crippen molar-refractivity contribution in [2.45, 2.75) is 84.6 Å². The number of piperidine rings is 1. The van der Waals surface area contributed by atoms with Gasteiger partial charge in [0.2, 0.25) is 5.96 Å². The number of allylic oxidation sites excluding steroid dienone is 1. The highest BCUT2D eigenvalue weighted by Crippen LogP contribution is 2.38. The molecule has 5 rings (SSSR count). The first-order chi connectivity index (χ1) is 24.3. The normalized spacial score (nSPS) is 19.3. The van der Waals surface area contributed by atoms with E-state index in [0.717, 1.165) is 42.5 Å². The summed E-state index contributed by atoms with van der Waals surface area (Å²) in [6, 6.07) is 18.1. The second-order valence-electron chi connectivity index (χ2n) is 13.7. The zero-order chi connectivity index (χ0) is 37.1. The number of nitrogens with one attached hydrogen (secondary N) is 4. The monoisotopic (exact) mass is 736 g/mol. The third kappa shape index (κ3) is 10.8. The molecule has 0 saturated carbocycles. The Morgan fingerprint density at radius 1 is 1.06 bits per heavy atom. The van der Waals surface area contributed by atoms with Gasteiger partial charge in [0.1, 0.15) is 23.2 Å². The van der Waals surface area contributed by atoms with Crippen molar-refractivity contribution in [3.63, 3.8) is 0 Å². The molecular weight excluding hydrogens is 687 g/mol. The number of carbonyl (C=O) groups excluding carboxylic acids is 1. The summed E-state index contributed by atoms with van der Waals surface area (Å²) in [5, 5.41) is 32.9. The quantitative estimate of drug-likeness (QED) is 0.0880. The average Bonchev–Trinajstić information content (AvgIpc) is 3.10. The molecule has 0 unspecified atom stereocenters. The zero-order valence-corrected chi connectivity index (χ0v) is 31.3. The molecule has 1 saturated heterocycles. The molecule has 3 atom stereocenters. The number of aliphatic hydroxyl groups is 1. The molecule has 274 valence electrons. The molecule has 3 aromatic rings. The van der Waals surface area contributed by atoms with E-state index in [-0.39, 0.29) is 41.0 Å². The van der Waals surface area contributed by atoms with Crippen molar-refractivity contribution in [3.8, 4) is 5.75 Å². The second kappa shape index (κ2) is 18.3. The van der Waals surface area contributed by atoms with Crippen LogP contribution in [0.2, 0.25) is 0 Å². The molecule has 1 fully saturated rings. The Morgan fingerprint density at radius 3 is 2.39 bits per heavy atom. The first kappa shape index (κ1) is 39.5. The number of rotatable bonds is 6. The molecule has 13 heteroatoms. The number of nitrogens with zero attached hydrogens (tertiary/aromatic N) is 3. The maximum Gasteiger partial charge on any atom is 0.320 e. The van der Waals surface area contributed by atoms with E-state index in [1.807, 2.05) is 45.0 Å². The van der Waals surface area contributed by atoms with Crippen LogP contribution in [0.15, 0.2) is 83.6 Å². The van der Waals surface area contributed by atoms with E-state index in [1.54, 1.807) is 53.2 Å². The van der Waals surface area contributed by atoms with Crippen LogP contribution in [0, 0.1) is 16.2 Å². The number of pyridine rings is 1. The zero-order valence-electron chi connectivity index (χ0n) is 29.8. The standard InChI is InChI=1S/C37H48N8O3.CH2Cl2/c1-24-9-7-8-20-44(24)35(40)45-22-27(16-19-33(45)39)48-31-18-17-30(28-10-5-6-11-29(28)31)42-36(47)43-34(21-32(38)37(2,3)4)41-26-14-12-25(23-46)13-15-26;2-1-3/h5-6,10-16,19,21-22,24,30-31,39-40,46H,7-9,17-18,20,23,38H2,1-4H3,(H2,41,42,43,47);1H2/b32-21-,39-33?,40-35?;/t24-,30-,31+;/m0./s1. The summed E-state index contributed by atoms with van der Waals surface area (Å²) in [7, 11) is 0. The van der Waals surface area contributed by atoms with E-state index in [9.17, 15) is 9.90 Å². The molecule has 2 heterocycles. The minimum Gasteiger partial charge on any atom is -0.484 e. The van der Waals surface area contributed by atoms with Gasteiger partial charge in [0, 0.05) is 29.8 Å². The van der Waals surface area contributed by atoms with Crippen LogP contribution in [0.5, 0.6) is 5.75 Å². The maximum atomic E-state index is 13.4. The number of benzene rings is 2. The number of aromatic nitrogens is 1.